The molecule has 1 saturated heterocycles. The van der Waals surface area contributed by atoms with E-state index in [1.807, 2.05) is 18.4 Å². The molecule has 4 rings (SSSR count). The van der Waals surface area contributed by atoms with E-state index < -0.39 is 0 Å². The van der Waals surface area contributed by atoms with Gasteiger partial charge in [0.15, 0.2) is 0 Å². The van der Waals surface area contributed by atoms with Crippen LogP contribution in [-0.4, -0.2) is 32.7 Å². The third kappa shape index (κ3) is 2.47. The van der Waals surface area contributed by atoms with Crippen LogP contribution in [0, 0.1) is 6.92 Å². The summed E-state index contributed by atoms with van der Waals surface area (Å²) in [7, 11) is 0. The average molecular weight is 343 g/mol. The molecule has 8 heteroatoms. The number of fused-ring (bicyclic) bond motifs is 1. The Balaban J connectivity index is 2.06. The normalized spacial score (nSPS) is 18.1. The summed E-state index contributed by atoms with van der Waals surface area (Å²) in [6.45, 7) is 3.10. The van der Waals surface area contributed by atoms with Crippen LogP contribution in [0.4, 0.5) is 5.95 Å². The zero-order valence-corrected chi connectivity index (χ0v) is 14.0. The molecule has 3 aromatic rings. The van der Waals surface area contributed by atoms with Crippen LogP contribution in [0.2, 0.25) is 0 Å². The van der Waals surface area contributed by atoms with Gasteiger partial charge in [0.25, 0.3) is 5.56 Å². The quantitative estimate of drug-likeness (QED) is 0.766. The van der Waals surface area contributed by atoms with Crippen LogP contribution in [0.5, 0.6) is 0 Å². The number of aryl methyl sites for hydroxylation is 1. The van der Waals surface area contributed by atoms with Crippen molar-refractivity contribution < 1.29 is 4.74 Å². The maximum atomic E-state index is 13.2. The number of thiazole rings is 1. The maximum Gasteiger partial charge on any atom is 0.262 e. The molecule has 4 heterocycles. The number of ether oxygens (including phenoxy) is 1. The maximum absolute atomic E-state index is 13.2. The minimum Gasteiger partial charge on any atom is -0.379 e. The van der Waals surface area contributed by atoms with Crippen molar-refractivity contribution in [1.82, 2.24) is 19.5 Å². The van der Waals surface area contributed by atoms with Crippen molar-refractivity contribution in [3.63, 3.8) is 0 Å². The van der Waals surface area contributed by atoms with Gasteiger partial charge in [-0.2, -0.15) is 4.98 Å². The SMILES string of the molecule is Cc1nc(N)nc2c1cc(-c1nccs1)c(=O)n2C1CCCOC1. The van der Waals surface area contributed by atoms with Gasteiger partial charge in [0.05, 0.1) is 23.9 Å². The molecule has 0 amide bonds. The Bertz CT molecular complexity index is 945. The first-order valence-corrected chi connectivity index (χ1v) is 8.70. The Morgan fingerprint density at radius 1 is 1.42 bits per heavy atom. The van der Waals surface area contributed by atoms with Crippen molar-refractivity contribution in [2.24, 2.45) is 0 Å². The van der Waals surface area contributed by atoms with E-state index >= 15 is 0 Å². The summed E-state index contributed by atoms with van der Waals surface area (Å²) in [5, 5.41) is 3.38. The summed E-state index contributed by atoms with van der Waals surface area (Å²) in [4.78, 5) is 26.1. The van der Waals surface area contributed by atoms with Crippen molar-refractivity contribution >= 4 is 28.3 Å². The summed E-state index contributed by atoms with van der Waals surface area (Å²) in [6, 6.07) is 1.77. The molecule has 1 fully saturated rings. The molecule has 24 heavy (non-hydrogen) atoms. The molecular weight excluding hydrogens is 326 g/mol. The van der Waals surface area contributed by atoms with Gasteiger partial charge < -0.3 is 10.5 Å². The summed E-state index contributed by atoms with van der Waals surface area (Å²) in [5.74, 6) is 0.173. The molecule has 0 saturated carbocycles. The molecule has 0 spiro atoms. The lowest BCUT2D eigenvalue weighted by Crippen LogP contribution is -2.32. The van der Waals surface area contributed by atoms with Gasteiger partial charge in [0, 0.05) is 23.6 Å². The van der Waals surface area contributed by atoms with Crippen molar-refractivity contribution in [2.75, 3.05) is 18.9 Å². The lowest BCUT2D eigenvalue weighted by molar-refractivity contribution is 0.0594. The largest absolute Gasteiger partial charge is 0.379 e. The van der Waals surface area contributed by atoms with Crippen molar-refractivity contribution in [1.29, 1.82) is 0 Å². The number of nitrogen functional groups attached to an aromatic ring is 1. The summed E-state index contributed by atoms with van der Waals surface area (Å²) in [6.07, 6.45) is 3.49. The van der Waals surface area contributed by atoms with Gasteiger partial charge in [-0.25, -0.2) is 9.97 Å². The van der Waals surface area contributed by atoms with Crippen LogP contribution in [0.1, 0.15) is 24.6 Å². The third-order valence-electron chi connectivity index (χ3n) is 4.26. The van der Waals surface area contributed by atoms with Crippen molar-refractivity contribution in [3.8, 4) is 10.6 Å². The van der Waals surface area contributed by atoms with Crippen LogP contribution in [0.25, 0.3) is 21.6 Å². The Morgan fingerprint density at radius 3 is 3.00 bits per heavy atom. The second kappa shape index (κ2) is 5.95. The highest BCUT2D eigenvalue weighted by Crippen LogP contribution is 2.28. The Hall–Kier alpha value is -2.32. The lowest BCUT2D eigenvalue weighted by Gasteiger charge is -2.26. The first kappa shape index (κ1) is 15.2. The molecular formula is C16H17N5O2S. The van der Waals surface area contributed by atoms with Gasteiger partial charge in [0.2, 0.25) is 5.95 Å². The smallest absolute Gasteiger partial charge is 0.262 e. The minimum absolute atomic E-state index is 0.0534. The van der Waals surface area contributed by atoms with E-state index in [1.165, 1.54) is 11.3 Å². The minimum atomic E-state index is -0.106. The Kier molecular flexibility index (Phi) is 3.78. The molecule has 2 N–H and O–H groups in total. The standard InChI is InChI=1S/C16H17N5O2S/c1-9-11-7-12(14-18-4-6-24-14)15(22)21(10-3-2-5-23-8-10)13(11)20-16(17)19-9/h4,6-7,10H,2-3,5,8H2,1H3,(H2,17,19,20). The summed E-state index contributed by atoms with van der Waals surface area (Å²) < 4.78 is 7.30. The van der Waals surface area contributed by atoms with Crippen LogP contribution < -0.4 is 11.3 Å². The number of pyridine rings is 1. The second-order valence-electron chi connectivity index (χ2n) is 5.85. The number of rotatable bonds is 2. The Morgan fingerprint density at radius 2 is 2.29 bits per heavy atom. The predicted octanol–water partition coefficient (Wildman–Crippen LogP) is 2.16. The molecule has 0 radical (unpaired) electrons. The van der Waals surface area contributed by atoms with E-state index in [0.29, 0.717) is 22.8 Å². The van der Waals surface area contributed by atoms with E-state index in [1.54, 1.807) is 10.8 Å². The molecule has 3 aromatic heterocycles. The zero-order chi connectivity index (χ0) is 16.7. The number of aromatic nitrogens is 4. The number of nitrogens with zero attached hydrogens (tertiary/aromatic N) is 4. The molecule has 1 unspecified atom stereocenters. The third-order valence-corrected chi connectivity index (χ3v) is 5.07. The fourth-order valence-corrected chi connectivity index (χ4v) is 3.79. The Labute approximate surface area is 142 Å². The molecule has 0 aliphatic carbocycles. The van der Waals surface area contributed by atoms with Crippen molar-refractivity contribution in [3.05, 3.63) is 33.7 Å². The highest BCUT2D eigenvalue weighted by atomic mass is 32.1. The molecule has 124 valence electrons. The fourth-order valence-electron chi connectivity index (χ4n) is 3.15. The van der Waals surface area contributed by atoms with Crippen LogP contribution in [-0.2, 0) is 4.74 Å². The number of hydrogen-bond donors (Lipinski definition) is 1. The molecule has 0 bridgehead atoms. The van der Waals surface area contributed by atoms with Gasteiger partial charge in [0.1, 0.15) is 10.7 Å². The van der Waals surface area contributed by atoms with E-state index in [9.17, 15) is 4.79 Å². The first-order chi connectivity index (χ1) is 11.6. The topological polar surface area (TPSA) is 95.9 Å². The van der Waals surface area contributed by atoms with Gasteiger partial charge in [-0.1, -0.05) is 0 Å². The molecule has 1 atom stereocenters. The first-order valence-electron chi connectivity index (χ1n) is 7.82. The molecule has 0 aromatic carbocycles. The van der Waals surface area contributed by atoms with E-state index in [4.69, 9.17) is 10.5 Å². The molecule has 7 nitrogen and oxygen atoms in total. The summed E-state index contributed by atoms with van der Waals surface area (Å²) in [5.41, 5.74) is 7.61. The van der Waals surface area contributed by atoms with Gasteiger partial charge in [-0.3, -0.25) is 9.36 Å². The molecule has 1 aliphatic heterocycles. The fraction of sp³-hybridized carbons (Fsp3) is 0.375. The summed E-state index contributed by atoms with van der Waals surface area (Å²) >= 11 is 1.44. The number of nitrogens with two attached hydrogens (primary N) is 1. The highest BCUT2D eigenvalue weighted by Gasteiger charge is 2.23. The van der Waals surface area contributed by atoms with E-state index in [-0.39, 0.29) is 17.5 Å². The van der Waals surface area contributed by atoms with Crippen LogP contribution in [0.3, 0.4) is 0 Å². The van der Waals surface area contributed by atoms with Crippen LogP contribution in [0.15, 0.2) is 22.4 Å². The predicted molar refractivity (Wildman–Crippen MR) is 93.1 cm³/mol. The highest BCUT2D eigenvalue weighted by molar-refractivity contribution is 7.13. The molecule has 1 aliphatic rings. The van der Waals surface area contributed by atoms with Gasteiger partial charge in [-0.05, 0) is 25.8 Å². The van der Waals surface area contributed by atoms with E-state index in [2.05, 4.69) is 15.0 Å². The zero-order valence-electron chi connectivity index (χ0n) is 13.2. The lowest BCUT2D eigenvalue weighted by atomic mass is 10.1. The van der Waals surface area contributed by atoms with Crippen LogP contribution >= 0.6 is 11.3 Å². The van der Waals surface area contributed by atoms with Gasteiger partial charge in [-0.15, -0.1) is 11.3 Å². The van der Waals surface area contributed by atoms with Gasteiger partial charge >= 0.3 is 0 Å². The monoisotopic (exact) mass is 343 g/mol. The number of anilines is 1. The average Bonchev–Trinajstić information content (AvgIpc) is 3.09. The van der Waals surface area contributed by atoms with Crippen molar-refractivity contribution in [2.45, 2.75) is 25.8 Å². The number of hydrogen-bond acceptors (Lipinski definition) is 7. The second-order valence-corrected chi connectivity index (χ2v) is 6.74. The van der Waals surface area contributed by atoms with E-state index in [0.717, 1.165) is 30.5 Å².